The molecule has 1 aliphatic heterocycles. The number of nitrogens with one attached hydrogen (secondary N) is 1. The number of hydrogen-bond donors (Lipinski definition) is 1. The molecular weight excluding hydrogens is 384 g/mol. The smallest absolute Gasteiger partial charge is 0.266 e. The van der Waals surface area contributed by atoms with Crippen LogP contribution in [0, 0.1) is 0 Å². The second-order valence-electron chi connectivity index (χ2n) is 5.59. The van der Waals surface area contributed by atoms with Gasteiger partial charge in [0.1, 0.15) is 16.6 Å². The van der Waals surface area contributed by atoms with Crippen LogP contribution in [0.1, 0.15) is 5.76 Å². The van der Waals surface area contributed by atoms with Crippen molar-refractivity contribution in [2.45, 2.75) is 0 Å². The highest BCUT2D eigenvalue weighted by molar-refractivity contribution is 8.26. The summed E-state index contributed by atoms with van der Waals surface area (Å²) < 4.78 is 5.55. The molecule has 1 saturated heterocycles. The number of nitrogens with zero attached hydrogens (tertiary/aromatic N) is 3. The molecule has 2 amide bonds. The van der Waals surface area contributed by atoms with E-state index in [4.69, 9.17) is 16.6 Å². The lowest BCUT2D eigenvalue weighted by molar-refractivity contribution is -0.126. The van der Waals surface area contributed by atoms with E-state index in [0.29, 0.717) is 26.2 Å². The fourth-order valence-electron chi connectivity index (χ4n) is 2.52. The van der Waals surface area contributed by atoms with E-state index in [2.05, 4.69) is 15.3 Å². The maximum Gasteiger partial charge on any atom is 0.266 e. The van der Waals surface area contributed by atoms with Gasteiger partial charge in [-0.2, -0.15) is 0 Å². The van der Waals surface area contributed by atoms with E-state index in [1.165, 1.54) is 11.2 Å². The molecule has 0 bridgehead atoms. The highest BCUT2D eigenvalue weighted by Crippen LogP contribution is 2.32. The maximum atomic E-state index is 12.5. The van der Waals surface area contributed by atoms with Gasteiger partial charge in [0.2, 0.25) is 5.91 Å². The average Bonchev–Trinajstić information content (AvgIpc) is 3.26. The van der Waals surface area contributed by atoms with Crippen molar-refractivity contribution in [2.24, 2.45) is 0 Å². The molecule has 0 atom stereocenters. The molecule has 1 aromatic carbocycles. The Balaban J connectivity index is 1.45. The Hall–Kier alpha value is -3.04. The molecule has 9 heteroatoms. The summed E-state index contributed by atoms with van der Waals surface area (Å²) in [6, 6.07) is 8.69. The zero-order valence-corrected chi connectivity index (χ0v) is 15.4. The number of carbonyl (C=O) groups is 2. The predicted molar refractivity (Wildman–Crippen MR) is 107 cm³/mol. The molecule has 0 unspecified atom stereocenters. The van der Waals surface area contributed by atoms with Gasteiger partial charge in [-0.3, -0.25) is 24.5 Å². The summed E-state index contributed by atoms with van der Waals surface area (Å²) >= 11 is 6.38. The number of anilines is 1. The van der Waals surface area contributed by atoms with Crippen LogP contribution in [0.5, 0.6) is 0 Å². The summed E-state index contributed by atoms with van der Waals surface area (Å²) in [5.74, 6) is -0.119. The van der Waals surface area contributed by atoms with Crippen LogP contribution in [0.3, 0.4) is 0 Å². The molecule has 27 heavy (non-hydrogen) atoms. The van der Waals surface area contributed by atoms with E-state index >= 15 is 0 Å². The first-order chi connectivity index (χ1) is 13.1. The number of aromatic nitrogens is 2. The number of benzene rings is 1. The minimum absolute atomic E-state index is 0.168. The summed E-state index contributed by atoms with van der Waals surface area (Å²) in [5.41, 5.74) is 1.97. The zero-order chi connectivity index (χ0) is 18.8. The number of carbonyl (C=O) groups excluding carboxylic acids is 2. The van der Waals surface area contributed by atoms with Gasteiger partial charge in [0.25, 0.3) is 5.91 Å². The monoisotopic (exact) mass is 396 g/mol. The SMILES string of the molecule is O=C(CN1C(=O)C(=Cc2ccco2)SC1=S)Nc1ccc2nccnc2c1. The largest absolute Gasteiger partial charge is 0.465 e. The molecule has 3 aromatic rings. The molecule has 0 saturated carbocycles. The van der Waals surface area contributed by atoms with Gasteiger partial charge < -0.3 is 9.73 Å². The van der Waals surface area contributed by atoms with E-state index in [-0.39, 0.29) is 18.4 Å². The average molecular weight is 396 g/mol. The molecule has 1 N–H and O–H groups in total. The zero-order valence-electron chi connectivity index (χ0n) is 13.8. The van der Waals surface area contributed by atoms with Crippen LogP contribution < -0.4 is 5.32 Å². The second-order valence-corrected chi connectivity index (χ2v) is 7.27. The highest BCUT2D eigenvalue weighted by atomic mass is 32.2. The number of furan rings is 1. The van der Waals surface area contributed by atoms with Crippen molar-refractivity contribution in [1.29, 1.82) is 0 Å². The van der Waals surface area contributed by atoms with Crippen molar-refractivity contribution in [2.75, 3.05) is 11.9 Å². The summed E-state index contributed by atoms with van der Waals surface area (Å²) in [4.78, 5) is 35.0. The first-order valence-corrected chi connectivity index (χ1v) is 9.12. The molecule has 0 spiro atoms. The predicted octanol–water partition coefficient (Wildman–Crippen LogP) is 3.06. The van der Waals surface area contributed by atoms with Crippen LogP contribution in [0.15, 0.2) is 58.3 Å². The Morgan fingerprint density at radius 3 is 2.85 bits per heavy atom. The molecule has 0 aliphatic carbocycles. The van der Waals surface area contributed by atoms with Crippen LogP contribution in [-0.2, 0) is 9.59 Å². The molecule has 0 radical (unpaired) electrons. The Bertz CT molecular complexity index is 1080. The summed E-state index contributed by atoms with van der Waals surface area (Å²) in [6.45, 7) is -0.168. The summed E-state index contributed by atoms with van der Waals surface area (Å²) in [6.07, 6.45) is 6.32. The minimum atomic E-state index is -0.353. The topological polar surface area (TPSA) is 88.3 Å². The van der Waals surface area contributed by atoms with Crippen LogP contribution in [0.25, 0.3) is 17.1 Å². The van der Waals surface area contributed by atoms with Gasteiger partial charge in [0, 0.05) is 24.2 Å². The number of fused-ring (bicyclic) bond motifs is 1. The fourth-order valence-corrected chi connectivity index (χ4v) is 3.76. The summed E-state index contributed by atoms with van der Waals surface area (Å²) in [5, 5.41) is 2.75. The molecule has 1 fully saturated rings. The molecule has 2 aromatic heterocycles. The van der Waals surface area contributed by atoms with Crippen molar-refractivity contribution < 1.29 is 14.0 Å². The number of rotatable bonds is 4. The third kappa shape index (κ3) is 3.74. The van der Waals surface area contributed by atoms with Crippen molar-refractivity contribution in [3.63, 3.8) is 0 Å². The maximum absolute atomic E-state index is 12.5. The van der Waals surface area contributed by atoms with Crippen LogP contribution >= 0.6 is 24.0 Å². The number of hydrogen-bond acceptors (Lipinski definition) is 7. The quantitative estimate of drug-likeness (QED) is 0.535. The summed E-state index contributed by atoms with van der Waals surface area (Å²) in [7, 11) is 0. The number of amides is 2. The Labute approximate surface area is 163 Å². The van der Waals surface area contributed by atoms with Gasteiger partial charge in [-0.25, -0.2) is 0 Å². The van der Waals surface area contributed by atoms with Crippen molar-refractivity contribution in [1.82, 2.24) is 14.9 Å². The fraction of sp³-hybridized carbons (Fsp3) is 0.0556. The lowest BCUT2D eigenvalue weighted by Crippen LogP contribution is -2.36. The first kappa shape index (κ1) is 17.4. The number of thioether (sulfide) groups is 1. The van der Waals surface area contributed by atoms with Crippen LogP contribution in [-0.4, -0.2) is 37.5 Å². The molecule has 7 nitrogen and oxygen atoms in total. The van der Waals surface area contributed by atoms with Gasteiger partial charge in [0.05, 0.1) is 22.2 Å². The van der Waals surface area contributed by atoms with E-state index in [9.17, 15) is 9.59 Å². The molecule has 3 heterocycles. The molecule has 1 aliphatic rings. The van der Waals surface area contributed by atoms with E-state index in [1.54, 1.807) is 48.8 Å². The van der Waals surface area contributed by atoms with Gasteiger partial charge in [-0.15, -0.1) is 0 Å². The normalized spacial score (nSPS) is 15.7. The Morgan fingerprint density at radius 2 is 2.07 bits per heavy atom. The lowest BCUT2D eigenvalue weighted by atomic mass is 10.2. The standard InChI is InChI=1S/C18H12N4O3S2/c23-16(21-11-3-4-13-14(8-11)20-6-5-19-13)10-22-17(24)15(27-18(22)26)9-12-2-1-7-25-12/h1-9H,10H2,(H,21,23). The Kier molecular flexibility index (Phi) is 4.69. The Morgan fingerprint density at radius 1 is 1.26 bits per heavy atom. The number of thiocarbonyl (C=S) groups is 1. The molecular formula is C18H12N4O3S2. The van der Waals surface area contributed by atoms with E-state index in [0.717, 1.165) is 17.3 Å². The second kappa shape index (κ2) is 7.29. The van der Waals surface area contributed by atoms with Crippen molar-refractivity contribution >= 4 is 62.9 Å². The van der Waals surface area contributed by atoms with Crippen LogP contribution in [0.2, 0.25) is 0 Å². The molecule has 134 valence electrons. The van der Waals surface area contributed by atoms with Gasteiger partial charge >= 0.3 is 0 Å². The third-order valence-corrected chi connectivity index (χ3v) is 5.12. The van der Waals surface area contributed by atoms with Crippen molar-refractivity contribution in [3.8, 4) is 0 Å². The lowest BCUT2D eigenvalue weighted by Gasteiger charge is -2.14. The first-order valence-electron chi connectivity index (χ1n) is 7.90. The highest BCUT2D eigenvalue weighted by Gasteiger charge is 2.33. The molecule has 4 rings (SSSR count). The third-order valence-electron chi connectivity index (χ3n) is 3.74. The van der Waals surface area contributed by atoms with Gasteiger partial charge in [0.15, 0.2) is 0 Å². The minimum Gasteiger partial charge on any atom is -0.465 e. The van der Waals surface area contributed by atoms with Gasteiger partial charge in [-0.1, -0.05) is 24.0 Å². The van der Waals surface area contributed by atoms with Crippen molar-refractivity contribution in [3.05, 3.63) is 59.7 Å². The van der Waals surface area contributed by atoms with Crippen LogP contribution in [0.4, 0.5) is 5.69 Å². The van der Waals surface area contributed by atoms with E-state index in [1.807, 2.05) is 0 Å². The van der Waals surface area contributed by atoms with E-state index < -0.39 is 0 Å². The van der Waals surface area contributed by atoms with Gasteiger partial charge in [-0.05, 0) is 30.3 Å².